The number of halogens is 1. The van der Waals surface area contributed by atoms with Gasteiger partial charge in [-0.3, -0.25) is 0 Å². The molecule has 0 radical (unpaired) electrons. The van der Waals surface area contributed by atoms with Gasteiger partial charge in [-0.05, 0) is 56.3 Å². The van der Waals surface area contributed by atoms with Crippen LogP contribution in [0.25, 0.3) is 0 Å². The summed E-state index contributed by atoms with van der Waals surface area (Å²) in [6.07, 6.45) is 6.13. The second-order valence-corrected chi connectivity index (χ2v) is 5.21. The van der Waals surface area contributed by atoms with Crippen molar-refractivity contribution in [3.8, 4) is 0 Å². The Bertz CT molecular complexity index is 375. The number of rotatable bonds is 2. The Morgan fingerprint density at radius 1 is 1.24 bits per heavy atom. The first-order chi connectivity index (χ1) is 8.20. The summed E-state index contributed by atoms with van der Waals surface area (Å²) >= 11 is 0. The lowest BCUT2D eigenvalue weighted by atomic mass is 9.90. The molecule has 0 aromatic heterocycles. The lowest BCUT2D eigenvalue weighted by Gasteiger charge is -2.20. The van der Waals surface area contributed by atoms with E-state index >= 15 is 0 Å². The first-order valence-electron chi connectivity index (χ1n) is 6.64. The number of nitrogens with one attached hydrogen (secondary N) is 1. The summed E-state index contributed by atoms with van der Waals surface area (Å²) in [6.45, 7) is 1.82. The van der Waals surface area contributed by atoms with E-state index < -0.39 is 0 Å². The summed E-state index contributed by atoms with van der Waals surface area (Å²) in [5.41, 5.74) is 1.92. The van der Waals surface area contributed by atoms with E-state index in [9.17, 15) is 4.39 Å². The first-order valence-corrected chi connectivity index (χ1v) is 6.64. The van der Waals surface area contributed by atoms with E-state index in [-0.39, 0.29) is 5.82 Å². The quantitative estimate of drug-likeness (QED) is 0.769. The van der Waals surface area contributed by atoms with Crippen LogP contribution in [0.1, 0.15) is 49.1 Å². The monoisotopic (exact) mass is 235 g/mol. The first kappa shape index (κ1) is 12.6. The SMILES string of the molecule is CNC1CCCCC(c2ccc(C)c(F)c2)C1. The molecule has 0 spiro atoms. The van der Waals surface area contributed by atoms with E-state index in [0.717, 1.165) is 12.0 Å². The summed E-state index contributed by atoms with van der Waals surface area (Å²) in [4.78, 5) is 0. The van der Waals surface area contributed by atoms with Crippen molar-refractivity contribution >= 4 is 0 Å². The van der Waals surface area contributed by atoms with Crippen molar-refractivity contribution in [1.29, 1.82) is 0 Å². The van der Waals surface area contributed by atoms with E-state index in [1.807, 2.05) is 20.0 Å². The largest absolute Gasteiger partial charge is 0.317 e. The predicted octanol–water partition coefficient (Wildman–Crippen LogP) is 3.77. The van der Waals surface area contributed by atoms with Crippen molar-refractivity contribution in [2.75, 3.05) is 7.05 Å². The summed E-state index contributed by atoms with van der Waals surface area (Å²) in [5, 5.41) is 3.38. The highest BCUT2D eigenvalue weighted by atomic mass is 19.1. The van der Waals surface area contributed by atoms with Crippen LogP contribution < -0.4 is 5.32 Å². The van der Waals surface area contributed by atoms with Gasteiger partial charge in [0.2, 0.25) is 0 Å². The van der Waals surface area contributed by atoms with Gasteiger partial charge in [0.05, 0.1) is 0 Å². The fourth-order valence-corrected chi connectivity index (χ4v) is 2.79. The molecule has 1 aromatic carbocycles. The molecule has 2 atom stereocenters. The van der Waals surface area contributed by atoms with Crippen molar-refractivity contribution in [1.82, 2.24) is 5.32 Å². The molecule has 1 nitrogen and oxygen atoms in total. The maximum absolute atomic E-state index is 13.6. The molecule has 94 valence electrons. The van der Waals surface area contributed by atoms with Crippen molar-refractivity contribution < 1.29 is 4.39 Å². The van der Waals surface area contributed by atoms with Gasteiger partial charge in [-0.15, -0.1) is 0 Å². The zero-order chi connectivity index (χ0) is 12.3. The lowest BCUT2D eigenvalue weighted by molar-refractivity contribution is 0.469. The van der Waals surface area contributed by atoms with E-state index in [2.05, 4.69) is 11.4 Å². The predicted molar refractivity (Wildman–Crippen MR) is 69.8 cm³/mol. The molecule has 0 heterocycles. The Labute approximate surface area is 103 Å². The third-order valence-electron chi connectivity index (χ3n) is 4.00. The summed E-state index contributed by atoms with van der Waals surface area (Å²) in [7, 11) is 2.03. The minimum Gasteiger partial charge on any atom is -0.317 e. The van der Waals surface area contributed by atoms with Gasteiger partial charge in [-0.25, -0.2) is 4.39 Å². The molecule has 1 aliphatic carbocycles. The summed E-state index contributed by atoms with van der Waals surface area (Å²) in [6, 6.07) is 6.33. The smallest absolute Gasteiger partial charge is 0.126 e. The molecule has 1 saturated carbocycles. The van der Waals surface area contributed by atoms with Gasteiger partial charge in [0.15, 0.2) is 0 Å². The molecule has 0 saturated heterocycles. The van der Waals surface area contributed by atoms with Crippen LogP contribution in [0, 0.1) is 12.7 Å². The number of benzene rings is 1. The Hall–Kier alpha value is -0.890. The molecule has 1 aromatic rings. The van der Waals surface area contributed by atoms with Crippen molar-refractivity contribution in [2.24, 2.45) is 0 Å². The van der Waals surface area contributed by atoms with E-state index in [4.69, 9.17) is 0 Å². The minimum atomic E-state index is -0.0623. The molecule has 1 aliphatic rings. The average molecular weight is 235 g/mol. The molecule has 2 unspecified atom stereocenters. The summed E-state index contributed by atoms with van der Waals surface area (Å²) < 4.78 is 13.6. The van der Waals surface area contributed by atoms with Crippen LogP contribution in [0.15, 0.2) is 18.2 Å². The van der Waals surface area contributed by atoms with Crippen molar-refractivity contribution in [3.63, 3.8) is 0 Å². The number of hydrogen-bond donors (Lipinski definition) is 1. The second-order valence-electron chi connectivity index (χ2n) is 5.21. The molecular formula is C15H22FN. The highest BCUT2D eigenvalue weighted by molar-refractivity contribution is 5.26. The van der Waals surface area contributed by atoms with Gasteiger partial charge in [0, 0.05) is 6.04 Å². The van der Waals surface area contributed by atoms with Gasteiger partial charge in [-0.2, -0.15) is 0 Å². The van der Waals surface area contributed by atoms with Crippen LogP contribution in [0.3, 0.4) is 0 Å². The molecule has 2 rings (SSSR count). The van der Waals surface area contributed by atoms with Crippen molar-refractivity contribution in [2.45, 2.75) is 51.0 Å². The third kappa shape index (κ3) is 3.06. The Balaban J connectivity index is 2.16. The zero-order valence-electron chi connectivity index (χ0n) is 10.8. The Morgan fingerprint density at radius 2 is 2.00 bits per heavy atom. The van der Waals surface area contributed by atoms with Gasteiger partial charge < -0.3 is 5.32 Å². The summed E-state index contributed by atoms with van der Waals surface area (Å²) in [5.74, 6) is 0.456. The van der Waals surface area contributed by atoms with Crippen LogP contribution in [0.4, 0.5) is 4.39 Å². The van der Waals surface area contributed by atoms with Gasteiger partial charge >= 0.3 is 0 Å². The van der Waals surface area contributed by atoms with Crippen LogP contribution in [0.2, 0.25) is 0 Å². The maximum atomic E-state index is 13.6. The fraction of sp³-hybridized carbons (Fsp3) is 0.600. The minimum absolute atomic E-state index is 0.0623. The van der Waals surface area contributed by atoms with Crippen molar-refractivity contribution in [3.05, 3.63) is 35.1 Å². The van der Waals surface area contributed by atoms with Crippen LogP contribution in [-0.2, 0) is 0 Å². The normalized spacial score (nSPS) is 25.6. The molecule has 0 amide bonds. The van der Waals surface area contributed by atoms with Crippen LogP contribution in [-0.4, -0.2) is 13.1 Å². The maximum Gasteiger partial charge on any atom is 0.126 e. The molecule has 0 aliphatic heterocycles. The molecule has 1 N–H and O–H groups in total. The molecule has 0 bridgehead atoms. The topological polar surface area (TPSA) is 12.0 Å². The van der Waals surface area contributed by atoms with Gasteiger partial charge in [-0.1, -0.05) is 25.0 Å². The number of aryl methyl sites for hydroxylation is 1. The molecule has 2 heteroatoms. The van der Waals surface area contributed by atoms with E-state index in [1.54, 1.807) is 6.07 Å². The zero-order valence-corrected chi connectivity index (χ0v) is 10.8. The van der Waals surface area contributed by atoms with E-state index in [1.165, 1.54) is 31.2 Å². The Kier molecular flexibility index (Phi) is 4.16. The molecule has 1 fully saturated rings. The van der Waals surface area contributed by atoms with E-state index in [0.29, 0.717) is 12.0 Å². The number of hydrogen-bond acceptors (Lipinski definition) is 1. The van der Waals surface area contributed by atoms with Crippen LogP contribution in [0.5, 0.6) is 0 Å². The second kappa shape index (κ2) is 5.63. The highest BCUT2D eigenvalue weighted by Crippen LogP contribution is 2.32. The van der Waals surface area contributed by atoms with Gasteiger partial charge in [0.25, 0.3) is 0 Å². The molecular weight excluding hydrogens is 213 g/mol. The fourth-order valence-electron chi connectivity index (χ4n) is 2.79. The lowest BCUT2D eigenvalue weighted by Crippen LogP contribution is -2.25. The standard InChI is InChI=1S/C15H22FN/c1-11-7-8-13(10-15(11)16)12-5-3-4-6-14(9-12)17-2/h7-8,10,12,14,17H,3-6,9H2,1-2H3. The average Bonchev–Trinajstić information content (AvgIpc) is 2.58. The Morgan fingerprint density at radius 3 is 2.71 bits per heavy atom. The third-order valence-corrected chi connectivity index (χ3v) is 4.00. The molecule has 17 heavy (non-hydrogen) atoms. The van der Waals surface area contributed by atoms with Crippen LogP contribution >= 0.6 is 0 Å². The highest BCUT2D eigenvalue weighted by Gasteiger charge is 2.20. The van der Waals surface area contributed by atoms with Gasteiger partial charge in [0.1, 0.15) is 5.82 Å².